The zero-order chi connectivity index (χ0) is 9.97. The summed E-state index contributed by atoms with van der Waals surface area (Å²) in [7, 11) is 0. The second-order valence-electron chi connectivity index (χ2n) is 4.28. The van der Waals surface area contributed by atoms with Gasteiger partial charge in [-0.05, 0) is 37.3 Å². The van der Waals surface area contributed by atoms with E-state index in [4.69, 9.17) is 5.73 Å². The first-order valence-corrected chi connectivity index (χ1v) is 6.45. The molecule has 0 aliphatic heterocycles. The smallest absolute Gasteiger partial charge is 0.0389 e. The van der Waals surface area contributed by atoms with Crippen LogP contribution in [0.2, 0.25) is 0 Å². The fraction of sp³-hybridized carbons (Fsp3) is 0.667. The molecule has 78 valence electrons. The topological polar surface area (TPSA) is 26.0 Å². The Labute approximate surface area is 90.3 Å². The highest BCUT2D eigenvalue weighted by atomic mass is 32.1. The number of hydrogen-bond acceptors (Lipinski definition) is 2. The molecule has 1 aromatic rings. The maximum Gasteiger partial charge on any atom is 0.0389 e. The SMILES string of the molecule is CCc1ccc(C(N)CCC2CC2)s1. The van der Waals surface area contributed by atoms with Crippen LogP contribution in [0.1, 0.15) is 48.4 Å². The minimum absolute atomic E-state index is 0.292. The average molecular weight is 209 g/mol. The zero-order valence-electron chi connectivity index (χ0n) is 8.83. The van der Waals surface area contributed by atoms with E-state index in [1.54, 1.807) is 0 Å². The maximum absolute atomic E-state index is 6.15. The van der Waals surface area contributed by atoms with Crippen molar-refractivity contribution in [1.29, 1.82) is 0 Å². The summed E-state index contributed by atoms with van der Waals surface area (Å²) in [6, 6.07) is 4.72. The highest BCUT2D eigenvalue weighted by Gasteiger charge is 2.22. The third-order valence-electron chi connectivity index (χ3n) is 2.98. The van der Waals surface area contributed by atoms with Crippen molar-refractivity contribution in [2.75, 3.05) is 0 Å². The highest BCUT2D eigenvalue weighted by molar-refractivity contribution is 7.12. The van der Waals surface area contributed by atoms with Crippen LogP contribution in [0.3, 0.4) is 0 Å². The normalized spacial score (nSPS) is 18.4. The van der Waals surface area contributed by atoms with Gasteiger partial charge < -0.3 is 5.73 Å². The summed E-state index contributed by atoms with van der Waals surface area (Å²) < 4.78 is 0. The van der Waals surface area contributed by atoms with E-state index in [2.05, 4.69) is 19.1 Å². The van der Waals surface area contributed by atoms with Crippen LogP contribution in [0.15, 0.2) is 12.1 Å². The molecule has 0 aromatic carbocycles. The number of thiophene rings is 1. The molecule has 2 heteroatoms. The van der Waals surface area contributed by atoms with Crippen LogP contribution in [-0.4, -0.2) is 0 Å². The zero-order valence-corrected chi connectivity index (χ0v) is 9.65. The Bertz CT molecular complexity index is 288. The average Bonchev–Trinajstić information content (AvgIpc) is 2.90. The van der Waals surface area contributed by atoms with Crippen molar-refractivity contribution in [3.05, 3.63) is 21.9 Å². The lowest BCUT2D eigenvalue weighted by atomic mass is 10.1. The van der Waals surface area contributed by atoms with Gasteiger partial charge in [0.1, 0.15) is 0 Å². The largest absolute Gasteiger partial charge is 0.323 e. The summed E-state index contributed by atoms with van der Waals surface area (Å²) in [5.74, 6) is 1.01. The Balaban J connectivity index is 1.85. The molecule has 0 spiro atoms. The molecule has 14 heavy (non-hydrogen) atoms. The summed E-state index contributed by atoms with van der Waals surface area (Å²) in [6.45, 7) is 2.20. The van der Waals surface area contributed by atoms with E-state index in [9.17, 15) is 0 Å². The molecule has 0 amide bonds. The second-order valence-corrected chi connectivity index (χ2v) is 5.48. The monoisotopic (exact) mass is 209 g/mol. The van der Waals surface area contributed by atoms with E-state index in [1.165, 1.54) is 35.4 Å². The lowest BCUT2D eigenvalue weighted by Crippen LogP contribution is -2.08. The van der Waals surface area contributed by atoms with Crippen LogP contribution in [0.4, 0.5) is 0 Å². The molecular weight excluding hydrogens is 190 g/mol. The third-order valence-corrected chi connectivity index (χ3v) is 4.34. The van der Waals surface area contributed by atoms with E-state index in [0.717, 1.165) is 12.3 Å². The Morgan fingerprint density at radius 2 is 2.29 bits per heavy atom. The minimum atomic E-state index is 0.292. The molecule has 2 rings (SSSR count). The van der Waals surface area contributed by atoms with Gasteiger partial charge in [-0.25, -0.2) is 0 Å². The summed E-state index contributed by atoms with van der Waals surface area (Å²) in [6.07, 6.45) is 6.53. The molecule has 1 aliphatic carbocycles. The van der Waals surface area contributed by atoms with Crippen molar-refractivity contribution >= 4 is 11.3 Å². The van der Waals surface area contributed by atoms with E-state index >= 15 is 0 Å². The Kier molecular flexibility index (Phi) is 3.24. The molecule has 1 aliphatic rings. The summed E-state index contributed by atoms with van der Waals surface area (Å²) in [5.41, 5.74) is 6.15. The first-order valence-electron chi connectivity index (χ1n) is 5.63. The van der Waals surface area contributed by atoms with Gasteiger partial charge in [-0.1, -0.05) is 19.8 Å². The third kappa shape index (κ3) is 2.58. The number of aryl methyl sites for hydroxylation is 1. The highest BCUT2D eigenvalue weighted by Crippen LogP contribution is 2.36. The van der Waals surface area contributed by atoms with Gasteiger partial charge in [-0.15, -0.1) is 11.3 Å². The van der Waals surface area contributed by atoms with Crippen LogP contribution in [0.25, 0.3) is 0 Å². The van der Waals surface area contributed by atoms with Gasteiger partial charge in [-0.2, -0.15) is 0 Å². The van der Waals surface area contributed by atoms with Crippen molar-refractivity contribution in [2.24, 2.45) is 11.7 Å². The Hall–Kier alpha value is -0.340. The second kappa shape index (κ2) is 4.45. The molecule has 1 fully saturated rings. The molecule has 1 saturated carbocycles. The van der Waals surface area contributed by atoms with E-state index in [-0.39, 0.29) is 0 Å². The van der Waals surface area contributed by atoms with Crippen molar-refractivity contribution < 1.29 is 0 Å². The van der Waals surface area contributed by atoms with Crippen molar-refractivity contribution in [2.45, 2.75) is 45.1 Å². The first kappa shape index (κ1) is 10.2. The van der Waals surface area contributed by atoms with Crippen LogP contribution in [0, 0.1) is 5.92 Å². The minimum Gasteiger partial charge on any atom is -0.323 e. The van der Waals surface area contributed by atoms with E-state index in [0.29, 0.717) is 6.04 Å². The Morgan fingerprint density at radius 1 is 1.50 bits per heavy atom. The van der Waals surface area contributed by atoms with Crippen LogP contribution >= 0.6 is 11.3 Å². The van der Waals surface area contributed by atoms with E-state index < -0.39 is 0 Å². The fourth-order valence-corrected chi connectivity index (χ4v) is 2.74. The fourth-order valence-electron chi connectivity index (χ4n) is 1.75. The quantitative estimate of drug-likeness (QED) is 0.789. The van der Waals surface area contributed by atoms with Crippen LogP contribution in [0.5, 0.6) is 0 Å². The van der Waals surface area contributed by atoms with Gasteiger partial charge in [-0.3, -0.25) is 0 Å². The van der Waals surface area contributed by atoms with Crippen molar-refractivity contribution in [1.82, 2.24) is 0 Å². The van der Waals surface area contributed by atoms with Gasteiger partial charge in [0, 0.05) is 15.8 Å². The summed E-state index contributed by atoms with van der Waals surface area (Å²) in [4.78, 5) is 2.84. The van der Waals surface area contributed by atoms with Crippen LogP contribution < -0.4 is 5.73 Å². The Morgan fingerprint density at radius 3 is 2.86 bits per heavy atom. The van der Waals surface area contributed by atoms with Gasteiger partial charge in [0.25, 0.3) is 0 Å². The van der Waals surface area contributed by atoms with Crippen molar-refractivity contribution in [3.63, 3.8) is 0 Å². The number of rotatable bonds is 5. The van der Waals surface area contributed by atoms with Gasteiger partial charge in [0.05, 0.1) is 0 Å². The lowest BCUT2D eigenvalue weighted by molar-refractivity contribution is 0.581. The molecule has 1 heterocycles. The molecule has 1 atom stereocenters. The van der Waals surface area contributed by atoms with Gasteiger partial charge in [0.2, 0.25) is 0 Å². The standard InChI is InChI=1S/C12H19NS/c1-2-10-6-8-12(14-10)11(13)7-5-9-3-4-9/h6,8-9,11H,2-5,7,13H2,1H3. The number of hydrogen-bond donors (Lipinski definition) is 1. The van der Waals surface area contributed by atoms with Gasteiger partial charge >= 0.3 is 0 Å². The molecule has 1 nitrogen and oxygen atoms in total. The lowest BCUT2D eigenvalue weighted by Gasteiger charge is -2.08. The van der Waals surface area contributed by atoms with Crippen molar-refractivity contribution in [3.8, 4) is 0 Å². The van der Waals surface area contributed by atoms with E-state index in [1.807, 2.05) is 11.3 Å². The summed E-state index contributed by atoms with van der Waals surface area (Å²) in [5, 5.41) is 0. The molecule has 1 unspecified atom stereocenters. The molecule has 0 saturated heterocycles. The predicted octanol–water partition coefficient (Wildman–Crippen LogP) is 3.50. The molecule has 0 radical (unpaired) electrons. The predicted molar refractivity (Wildman–Crippen MR) is 62.6 cm³/mol. The molecule has 0 bridgehead atoms. The number of nitrogens with two attached hydrogens (primary N) is 1. The van der Waals surface area contributed by atoms with Crippen LogP contribution in [-0.2, 0) is 6.42 Å². The molecular formula is C12H19NS. The van der Waals surface area contributed by atoms with Gasteiger partial charge in [0.15, 0.2) is 0 Å². The summed E-state index contributed by atoms with van der Waals surface area (Å²) >= 11 is 1.89. The molecule has 1 aromatic heterocycles. The first-order chi connectivity index (χ1) is 6.79. The molecule has 2 N–H and O–H groups in total. The maximum atomic E-state index is 6.15.